The fourth-order valence-electron chi connectivity index (χ4n) is 3.05. The van der Waals surface area contributed by atoms with Crippen LogP contribution in [-0.4, -0.2) is 13.1 Å². The zero-order valence-electron chi connectivity index (χ0n) is 14.5. The van der Waals surface area contributed by atoms with Crippen LogP contribution in [0.2, 0.25) is 0 Å². The van der Waals surface area contributed by atoms with E-state index in [1.807, 2.05) is 26.8 Å². The Bertz CT molecular complexity index is 684. The molecule has 0 aliphatic heterocycles. The van der Waals surface area contributed by atoms with Crippen LogP contribution in [0.4, 0.5) is 17.6 Å². The first kappa shape index (κ1) is 19.4. The molecule has 0 radical (unpaired) electrons. The Kier molecular flexibility index (Phi) is 5.56. The molecule has 138 valence electrons. The zero-order chi connectivity index (χ0) is 18.9. The fourth-order valence-corrected chi connectivity index (χ4v) is 3.05. The summed E-state index contributed by atoms with van der Waals surface area (Å²) in [6.07, 6.45) is 3.66. The van der Waals surface area contributed by atoms with Crippen molar-refractivity contribution in [2.45, 2.75) is 34.0 Å². The largest absolute Gasteiger partial charge is 0.460 e. The maximum Gasteiger partial charge on any atom is 0.310 e. The summed E-state index contributed by atoms with van der Waals surface area (Å²) in [5, 5.41) is 0. The molecule has 1 aromatic rings. The minimum atomic E-state index is -1.58. The molecule has 2 atom stereocenters. The summed E-state index contributed by atoms with van der Waals surface area (Å²) in [5.41, 5.74) is -2.13. The van der Waals surface area contributed by atoms with Crippen molar-refractivity contribution in [3.63, 3.8) is 0 Å². The Morgan fingerprint density at radius 1 is 1.04 bits per heavy atom. The van der Waals surface area contributed by atoms with Gasteiger partial charge in [-0.3, -0.25) is 4.79 Å². The van der Waals surface area contributed by atoms with E-state index >= 15 is 0 Å². The third-order valence-electron chi connectivity index (χ3n) is 4.66. The van der Waals surface area contributed by atoms with Gasteiger partial charge in [-0.1, -0.05) is 26.0 Å². The number of hydrogen-bond acceptors (Lipinski definition) is 3. The monoisotopic (exact) mass is 360 g/mol. The number of esters is 1. The van der Waals surface area contributed by atoms with Gasteiger partial charge in [-0.05, 0) is 18.3 Å². The molecule has 1 aliphatic carbocycles. The first-order chi connectivity index (χ1) is 11.7. The van der Waals surface area contributed by atoms with E-state index in [0.29, 0.717) is 0 Å². The van der Waals surface area contributed by atoms with E-state index in [-0.39, 0.29) is 11.3 Å². The molecule has 0 N–H and O–H groups in total. The number of hydrogen-bond donors (Lipinski definition) is 0. The van der Waals surface area contributed by atoms with Gasteiger partial charge in [0.1, 0.15) is 6.61 Å². The van der Waals surface area contributed by atoms with Crippen molar-refractivity contribution >= 4 is 5.97 Å². The molecule has 25 heavy (non-hydrogen) atoms. The molecule has 1 aromatic carbocycles. The lowest BCUT2D eigenvalue weighted by Crippen LogP contribution is -2.15. The molecule has 2 unspecified atom stereocenters. The van der Waals surface area contributed by atoms with Crippen molar-refractivity contribution in [1.29, 1.82) is 0 Å². The van der Waals surface area contributed by atoms with E-state index in [1.165, 1.54) is 0 Å². The van der Waals surface area contributed by atoms with Crippen LogP contribution < -0.4 is 0 Å². The maximum atomic E-state index is 14.0. The Morgan fingerprint density at radius 3 is 1.96 bits per heavy atom. The summed E-state index contributed by atoms with van der Waals surface area (Å²) in [6, 6.07) is 0. The first-order valence-electron chi connectivity index (χ1n) is 7.80. The third-order valence-corrected chi connectivity index (χ3v) is 4.66. The lowest BCUT2D eigenvalue weighted by atomic mass is 10.1. The van der Waals surface area contributed by atoms with Gasteiger partial charge in [-0.15, -0.1) is 0 Å². The highest BCUT2D eigenvalue weighted by atomic mass is 19.2. The van der Waals surface area contributed by atoms with Crippen LogP contribution in [-0.2, 0) is 27.5 Å². The number of carbonyl (C=O) groups excluding carboxylic acids is 1. The van der Waals surface area contributed by atoms with Crippen LogP contribution in [0, 0.1) is 40.5 Å². The molecule has 0 bridgehead atoms. The van der Waals surface area contributed by atoms with Gasteiger partial charge in [0, 0.05) is 7.11 Å². The maximum absolute atomic E-state index is 14.0. The number of methoxy groups -OCH3 is 1. The van der Waals surface area contributed by atoms with Crippen LogP contribution in [0.3, 0.4) is 0 Å². The van der Waals surface area contributed by atoms with Crippen molar-refractivity contribution in [2.75, 3.05) is 7.11 Å². The number of ether oxygens (including phenoxy) is 2. The Labute approximate surface area is 143 Å². The van der Waals surface area contributed by atoms with Crippen LogP contribution in [0.25, 0.3) is 0 Å². The van der Waals surface area contributed by atoms with Crippen LogP contribution in [0.15, 0.2) is 12.2 Å². The second-order valence-electron chi connectivity index (χ2n) is 6.60. The predicted molar refractivity (Wildman–Crippen MR) is 82.4 cm³/mol. The van der Waals surface area contributed by atoms with Gasteiger partial charge in [-0.2, -0.15) is 0 Å². The van der Waals surface area contributed by atoms with E-state index < -0.39 is 59.5 Å². The lowest BCUT2D eigenvalue weighted by molar-refractivity contribution is -0.147. The standard InChI is InChI=1S/C18H20F4O3/c1-5-6-11-12(18(11,2)3)17(23)25-8-10-15(21)13(19)9(7-24-4)14(20)16(10)22/h5-6,11-12H,7-8H2,1-4H3. The van der Waals surface area contributed by atoms with Crippen LogP contribution >= 0.6 is 0 Å². The fraction of sp³-hybridized carbons (Fsp3) is 0.500. The number of allylic oxidation sites excluding steroid dienone is 2. The molecule has 0 saturated heterocycles. The van der Waals surface area contributed by atoms with Crippen LogP contribution in [0.5, 0.6) is 0 Å². The molecule has 7 heteroatoms. The van der Waals surface area contributed by atoms with Crippen molar-refractivity contribution in [1.82, 2.24) is 0 Å². The van der Waals surface area contributed by atoms with Gasteiger partial charge in [0.25, 0.3) is 0 Å². The van der Waals surface area contributed by atoms with E-state index in [2.05, 4.69) is 4.74 Å². The minimum absolute atomic E-state index is 0.0442. The highest BCUT2D eigenvalue weighted by Gasteiger charge is 2.61. The van der Waals surface area contributed by atoms with Crippen LogP contribution in [0.1, 0.15) is 31.9 Å². The van der Waals surface area contributed by atoms with Gasteiger partial charge in [0.05, 0.1) is 23.7 Å². The molecule has 0 aromatic heterocycles. The topological polar surface area (TPSA) is 35.5 Å². The van der Waals surface area contributed by atoms with Crippen molar-refractivity contribution in [2.24, 2.45) is 17.3 Å². The zero-order valence-corrected chi connectivity index (χ0v) is 14.5. The average Bonchev–Trinajstić information content (AvgIpc) is 3.10. The molecule has 3 nitrogen and oxygen atoms in total. The smallest absolute Gasteiger partial charge is 0.310 e. The number of benzene rings is 1. The highest BCUT2D eigenvalue weighted by molar-refractivity contribution is 5.78. The number of halogens is 4. The SMILES string of the molecule is CC=CC1C(C(=O)OCc2c(F)c(F)c(COC)c(F)c2F)C1(C)C. The van der Waals surface area contributed by atoms with Gasteiger partial charge >= 0.3 is 5.97 Å². The number of rotatable bonds is 6. The second-order valence-corrected chi connectivity index (χ2v) is 6.60. The Balaban J connectivity index is 2.18. The normalized spacial score (nSPS) is 21.6. The van der Waals surface area contributed by atoms with E-state index in [4.69, 9.17) is 4.74 Å². The molecular formula is C18H20F4O3. The molecule has 1 aliphatic rings. The highest BCUT2D eigenvalue weighted by Crippen LogP contribution is 2.59. The summed E-state index contributed by atoms with van der Waals surface area (Å²) >= 11 is 0. The molecule has 0 amide bonds. The molecule has 0 heterocycles. The van der Waals surface area contributed by atoms with E-state index in [9.17, 15) is 22.4 Å². The average molecular weight is 360 g/mol. The predicted octanol–water partition coefficient (Wildman–Crippen LogP) is 4.28. The molecular weight excluding hydrogens is 340 g/mol. The summed E-state index contributed by atoms with van der Waals surface area (Å²) in [7, 11) is 1.14. The summed E-state index contributed by atoms with van der Waals surface area (Å²) in [6.45, 7) is 4.04. The van der Waals surface area contributed by atoms with Crippen molar-refractivity contribution < 1.29 is 31.8 Å². The minimum Gasteiger partial charge on any atom is -0.460 e. The van der Waals surface area contributed by atoms with Gasteiger partial charge in [0.2, 0.25) is 0 Å². The lowest BCUT2D eigenvalue weighted by Gasteiger charge is -2.12. The Hall–Kier alpha value is -1.89. The Morgan fingerprint density at radius 2 is 1.52 bits per heavy atom. The number of carbonyl (C=O) groups is 1. The summed E-state index contributed by atoms with van der Waals surface area (Å²) in [5.74, 6) is -7.43. The molecule has 1 fully saturated rings. The van der Waals surface area contributed by atoms with Crippen molar-refractivity contribution in [3.8, 4) is 0 Å². The molecule has 0 spiro atoms. The molecule has 1 saturated carbocycles. The van der Waals surface area contributed by atoms with Gasteiger partial charge in [0.15, 0.2) is 23.3 Å². The summed E-state index contributed by atoms with van der Waals surface area (Å²) < 4.78 is 65.2. The van der Waals surface area contributed by atoms with E-state index in [1.54, 1.807) is 6.08 Å². The third kappa shape index (κ3) is 3.42. The summed E-state index contributed by atoms with van der Waals surface area (Å²) in [4.78, 5) is 12.1. The van der Waals surface area contributed by atoms with Gasteiger partial charge < -0.3 is 9.47 Å². The quantitative estimate of drug-likeness (QED) is 0.329. The first-order valence-corrected chi connectivity index (χ1v) is 7.80. The second kappa shape index (κ2) is 7.15. The van der Waals surface area contributed by atoms with E-state index in [0.717, 1.165) is 7.11 Å². The van der Waals surface area contributed by atoms with Gasteiger partial charge in [-0.25, -0.2) is 17.6 Å². The molecule has 2 rings (SSSR count). The van der Waals surface area contributed by atoms with Crippen molar-refractivity contribution in [3.05, 3.63) is 46.5 Å².